The van der Waals surface area contributed by atoms with Crippen molar-refractivity contribution < 1.29 is 9.47 Å². The zero-order chi connectivity index (χ0) is 17.4. The van der Waals surface area contributed by atoms with Gasteiger partial charge in [0.1, 0.15) is 0 Å². The fraction of sp³-hybridized carbons (Fsp3) is 0.250. The first-order valence-corrected chi connectivity index (χ1v) is 7.76. The van der Waals surface area contributed by atoms with Gasteiger partial charge in [-0.3, -0.25) is 0 Å². The lowest BCUT2D eigenvalue weighted by Gasteiger charge is -2.15. The first kappa shape index (κ1) is 17.6. The van der Waals surface area contributed by atoms with E-state index in [0.717, 1.165) is 41.2 Å². The van der Waals surface area contributed by atoms with Crippen LogP contribution in [0.1, 0.15) is 22.3 Å². The molecule has 0 bridgehead atoms. The molecule has 2 rings (SSSR count). The van der Waals surface area contributed by atoms with Crippen LogP contribution in [0, 0.1) is 11.3 Å². The molecule has 1 N–H and O–H groups in total. The van der Waals surface area contributed by atoms with Crippen LogP contribution in [0.3, 0.4) is 0 Å². The van der Waals surface area contributed by atoms with E-state index in [9.17, 15) is 0 Å². The summed E-state index contributed by atoms with van der Waals surface area (Å²) in [6.45, 7) is 5.24. The molecule has 2 aromatic rings. The van der Waals surface area contributed by atoms with Crippen LogP contribution in [-0.4, -0.2) is 14.2 Å². The van der Waals surface area contributed by atoms with Crippen molar-refractivity contribution in [3.05, 3.63) is 71.3 Å². The maximum atomic E-state index is 8.82. The Morgan fingerprint density at radius 1 is 1.08 bits per heavy atom. The molecule has 0 aliphatic rings. The van der Waals surface area contributed by atoms with Gasteiger partial charge in [-0.05, 0) is 35.7 Å². The van der Waals surface area contributed by atoms with Gasteiger partial charge in [0, 0.05) is 18.7 Å². The van der Waals surface area contributed by atoms with Crippen molar-refractivity contribution >= 4 is 0 Å². The number of ether oxygens (including phenoxy) is 2. The number of hydrogen-bond donors (Lipinski definition) is 1. The molecule has 4 heteroatoms. The maximum absolute atomic E-state index is 8.82. The van der Waals surface area contributed by atoms with Crippen LogP contribution >= 0.6 is 0 Å². The van der Waals surface area contributed by atoms with E-state index in [-0.39, 0.29) is 0 Å². The smallest absolute Gasteiger partial charge is 0.164 e. The Hall–Kier alpha value is -2.77. The van der Waals surface area contributed by atoms with Crippen molar-refractivity contribution in [2.24, 2.45) is 0 Å². The van der Waals surface area contributed by atoms with Gasteiger partial charge in [0.15, 0.2) is 11.5 Å². The van der Waals surface area contributed by atoms with E-state index in [1.807, 2.05) is 36.4 Å². The molecule has 0 spiro atoms. The molecule has 0 amide bonds. The number of nitriles is 1. The second kappa shape index (κ2) is 8.76. The lowest BCUT2D eigenvalue weighted by molar-refractivity contribution is 0.351. The number of rotatable bonds is 8. The van der Waals surface area contributed by atoms with Crippen molar-refractivity contribution in [1.29, 1.82) is 5.26 Å². The van der Waals surface area contributed by atoms with Crippen LogP contribution in [0.2, 0.25) is 0 Å². The summed E-state index contributed by atoms with van der Waals surface area (Å²) in [5, 5.41) is 12.2. The standard InChI is InChI=1S/C20H22N2O2/c1-4-5-18-10-17(11-19(23-2)20(18)24-3)14-22-13-16-8-6-15(12-21)7-9-16/h4,6-11,22H,1,5,13-14H2,2-3H3. The summed E-state index contributed by atoms with van der Waals surface area (Å²) < 4.78 is 10.9. The fourth-order valence-electron chi connectivity index (χ4n) is 2.56. The Bertz CT molecular complexity index is 731. The Labute approximate surface area is 143 Å². The number of nitrogens with zero attached hydrogens (tertiary/aromatic N) is 1. The van der Waals surface area contributed by atoms with Crippen molar-refractivity contribution in [3.8, 4) is 17.6 Å². The van der Waals surface area contributed by atoms with E-state index in [1.54, 1.807) is 14.2 Å². The lowest BCUT2D eigenvalue weighted by atomic mass is 10.1. The quantitative estimate of drug-likeness (QED) is 0.755. The van der Waals surface area contributed by atoms with Crippen LogP contribution in [0.4, 0.5) is 0 Å². The van der Waals surface area contributed by atoms with Crippen molar-refractivity contribution in [2.75, 3.05) is 14.2 Å². The van der Waals surface area contributed by atoms with Crippen molar-refractivity contribution in [3.63, 3.8) is 0 Å². The third kappa shape index (κ3) is 4.37. The van der Waals surface area contributed by atoms with Gasteiger partial charge >= 0.3 is 0 Å². The van der Waals surface area contributed by atoms with Gasteiger partial charge in [-0.1, -0.05) is 24.3 Å². The van der Waals surface area contributed by atoms with Crippen molar-refractivity contribution in [2.45, 2.75) is 19.5 Å². The maximum Gasteiger partial charge on any atom is 0.164 e. The molecule has 0 heterocycles. The second-order valence-electron chi connectivity index (χ2n) is 5.40. The highest BCUT2D eigenvalue weighted by Crippen LogP contribution is 2.33. The van der Waals surface area contributed by atoms with Gasteiger partial charge < -0.3 is 14.8 Å². The molecule has 0 saturated carbocycles. The summed E-state index contributed by atoms with van der Waals surface area (Å²) in [5.74, 6) is 1.49. The zero-order valence-corrected chi connectivity index (χ0v) is 14.1. The Balaban J connectivity index is 2.07. The minimum absolute atomic E-state index is 0.674. The molecule has 4 nitrogen and oxygen atoms in total. The molecule has 2 aromatic carbocycles. The van der Waals surface area contributed by atoms with E-state index >= 15 is 0 Å². The summed E-state index contributed by atoms with van der Waals surface area (Å²) in [5.41, 5.74) is 3.99. The molecule has 0 atom stereocenters. The third-order valence-corrected chi connectivity index (χ3v) is 3.72. The number of hydrogen-bond acceptors (Lipinski definition) is 4. The Morgan fingerprint density at radius 2 is 1.79 bits per heavy atom. The van der Waals surface area contributed by atoms with Crippen molar-refractivity contribution in [1.82, 2.24) is 5.32 Å². The number of benzene rings is 2. The highest BCUT2D eigenvalue weighted by atomic mass is 16.5. The highest BCUT2D eigenvalue weighted by Gasteiger charge is 2.11. The number of allylic oxidation sites excluding steroid dienone is 1. The van der Waals surface area contributed by atoms with E-state index < -0.39 is 0 Å². The van der Waals surface area contributed by atoms with Gasteiger partial charge in [-0.2, -0.15) is 5.26 Å². The van der Waals surface area contributed by atoms with Crippen LogP contribution in [-0.2, 0) is 19.5 Å². The molecule has 0 aliphatic carbocycles. The molecular formula is C20H22N2O2. The zero-order valence-electron chi connectivity index (χ0n) is 14.1. The van der Waals surface area contributed by atoms with Crippen LogP contribution < -0.4 is 14.8 Å². The molecule has 0 saturated heterocycles. The van der Waals surface area contributed by atoms with Gasteiger partial charge in [-0.25, -0.2) is 0 Å². The Morgan fingerprint density at radius 3 is 2.38 bits per heavy atom. The summed E-state index contributed by atoms with van der Waals surface area (Å²) in [6, 6.07) is 13.8. The van der Waals surface area contributed by atoms with Gasteiger partial charge in [0.25, 0.3) is 0 Å². The average Bonchev–Trinajstić information content (AvgIpc) is 2.62. The fourth-order valence-corrected chi connectivity index (χ4v) is 2.56. The van der Waals surface area contributed by atoms with Crippen LogP contribution in [0.25, 0.3) is 0 Å². The van der Waals surface area contributed by atoms with E-state index in [2.05, 4.69) is 24.0 Å². The molecule has 24 heavy (non-hydrogen) atoms. The van der Waals surface area contributed by atoms with Crippen LogP contribution in [0.5, 0.6) is 11.5 Å². The van der Waals surface area contributed by atoms with E-state index in [0.29, 0.717) is 12.1 Å². The molecule has 0 fully saturated rings. The predicted octanol–water partition coefficient (Wildman–Crippen LogP) is 3.59. The topological polar surface area (TPSA) is 54.3 Å². The minimum Gasteiger partial charge on any atom is -0.493 e. The van der Waals surface area contributed by atoms with E-state index in [1.165, 1.54) is 0 Å². The Kier molecular flexibility index (Phi) is 6.41. The second-order valence-corrected chi connectivity index (χ2v) is 5.40. The molecule has 0 aliphatic heterocycles. The SMILES string of the molecule is C=CCc1cc(CNCc2ccc(C#N)cc2)cc(OC)c1OC. The monoisotopic (exact) mass is 322 g/mol. The first-order valence-electron chi connectivity index (χ1n) is 7.76. The molecule has 124 valence electrons. The van der Waals surface area contributed by atoms with Crippen LogP contribution in [0.15, 0.2) is 49.1 Å². The molecular weight excluding hydrogens is 300 g/mol. The largest absolute Gasteiger partial charge is 0.493 e. The summed E-state index contributed by atoms with van der Waals surface area (Å²) in [4.78, 5) is 0. The van der Waals surface area contributed by atoms with Gasteiger partial charge in [0.2, 0.25) is 0 Å². The number of nitrogens with one attached hydrogen (secondary N) is 1. The summed E-state index contributed by atoms with van der Waals surface area (Å²) >= 11 is 0. The molecule has 0 aromatic heterocycles. The normalized spacial score (nSPS) is 10.0. The summed E-state index contributed by atoms with van der Waals surface area (Å²) in [6.07, 6.45) is 2.58. The first-order chi connectivity index (χ1) is 11.7. The molecule has 0 unspecified atom stereocenters. The third-order valence-electron chi connectivity index (χ3n) is 3.72. The minimum atomic E-state index is 0.674. The van der Waals surface area contributed by atoms with Gasteiger partial charge in [0.05, 0.1) is 25.9 Å². The van der Waals surface area contributed by atoms with E-state index in [4.69, 9.17) is 14.7 Å². The lowest BCUT2D eigenvalue weighted by Crippen LogP contribution is -2.13. The highest BCUT2D eigenvalue weighted by molar-refractivity contribution is 5.50. The molecule has 0 radical (unpaired) electrons. The summed E-state index contributed by atoms with van der Waals surface area (Å²) in [7, 11) is 3.29. The van der Waals surface area contributed by atoms with Gasteiger partial charge in [-0.15, -0.1) is 6.58 Å². The predicted molar refractivity (Wildman–Crippen MR) is 95.1 cm³/mol. The number of methoxy groups -OCH3 is 2. The average molecular weight is 322 g/mol.